The molecule has 2 rings (SSSR count). The van der Waals surface area contributed by atoms with Gasteiger partial charge in [0.25, 0.3) is 5.91 Å². The Bertz CT molecular complexity index is 814. The van der Waals surface area contributed by atoms with Crippen LogP contribution < -0.4 is 10.6 Å². The van der Waals surface area contributed by atoms with Gasteiger partial charge in [-0.3, -0.25) is 9.59 Å². The van der Waals surface area contributed by atoms with E-state index in [1.807, 2.05) is 44.2 Å². The van der Waals surface area contributed by atoms with Gasteiger partial charge in [0.1, 0.15) is 5.00 Å². The van der Waals surface area contributed by atoms with Crippen LogP contribution in [0.15, 0.2) is 30.3 Å². The second-order valence-electron chi connectivity index (χ2n) is 5.94. The monoisotopic (exact) mass is 374 g/mol. The van der Waals surface area contributed by atoms with Gasteiger partial charge in [-0.1, -0.05) is 30.3 Å². The highest BCUT2D eigenvalue weighted by Gasteiger charge is 2.22. The van der Waals surface area contributed by atoms with Crippen molar-refractivity contribution in [1.82, 2.24) is 5.32 Å². The molecule has 2 N–H and O–H groups in total. The normalized spacial score (nSPS) is 11.5. The summed E-state index contributed by atoms with van der Waals surface area (Å²) in [5, 5.41) is 5.86. The molecule has 1 aromatic heterocycles. The summed E-state index contributed by atoms with van der Waals surface area (Å²) in [7, 11) is 0. The maximum atomic E-state index is 12.4. The zero-order chi connectivity index (χ0) is 19.3. The molecule has 1 atom stereocenters. The van der Waals surface area contributed by atoms with Crippen LogP contribution in [0, 0.1) is 13.8 Å². The van der Waals surface area contributed by atoms with E-state index in [2.05, 4.69) is 10.6 Å². The van der Waals surface area contributed by atoms with E-state index in [9.17, 15) is 14.4 Å². The van der Waals surface area contributed by atoms with Crippen molar-refractivity contribution in [2.24, 2.45) is 0 Å². The Hall–Kier alpha value is -2.67. The molecule has 0 saturated carbocycles. The molecular weight excluding hydrogens is 352 g/mol. The number of hydrogen-bond donors (Lipinski definition) is 2. The topological polar surface area (TPSA) is 84.5 Å². The van der Waals surface area contributed by atoms with E-state index in [1.54, 1.807) is 6.92 Å². The summed E-state index contributed by atoms with van der Waals surface area (Å²) < 4.78 is 5.15. The minimum absolute atomic E-state index is 0.192. The maximum Gasteiger partial charge on any atom is 0.341 e. The molecule has 2 aromatic rings. The molecule has 1 heterocycles. The number of esters is 1. The van der Waals surface area contributed by atoms with Crippen LogP contribution in [0.1, 0.15) is 46.3 Å². The number of carbonyl (C=O) groups excluding carboxylic acids is 3. The van der Waals surface area contributed by atoms with E-state index in [0.29, 0.717) is 10.6 Å². The summed E-state index contributed by atoms with van der Waals surface area (Å²) in [4.78, 5) is 36.7. The van der Waals surface area contributed by atoms with Crippen LogP contribution in [0.25, 0.3) is 0 Å². The fourth-order valence-electron chi connectivity index (χ4n) is 2.43. The van der Waals surface area contributed by atoms with Gasteiger partial charge >= 0.3 is 5.97 Å². The molecule has 0 saturated heterocycles. The smallest absolute Gasteiger partial charge is 0.341 e. The van der Waals surface area contributed by atoms with Crippen molar-refractivity contribution in [2.75, 3.05) is 11.9 Å². The first kappa shape index (κ1) is 19.7. The average molecular weight is 374 g/mol. The van der Waals surface area contributed by atoms with Gasteiger partial charge < -0.3 is 15.4 Å². The van der Waals surface area contributed by atoms with E-state index in [0.717, 1.165) is 16.0 Å². The molecule has 26 heavy (non-hydrogen) atoms. The Labute approximate surface area is 156 Å². The first-order valence-corrected chi connectivity index (χ1v) is 9.00. The minimum atomic E-state index is -0.627. The SMILES string of the molecule is CC(=O)Nc1sc(C)c(C)c1C(=O)OCC(=O)N[C@H](C)c1ccccc1. The molecule has 6 nitrogen and oxygen atoms in total. The van der Waals surface area contributed by atoms with Crippen LogP contribution in [0.2, 0.25) is 0 Å². The van der Waals surface area contributed by atoms with E-state index >= 15 is 0 Å². The molecule has 0 aliphatic rings. The average Bonchev–Trinajstić information content (AvgIpc) is 2.86. The van der Waals surface area contributed by atoms with Crippen molar-refractivity contribution in [3.05, 3.63) is 51.9 Å². The van der Waals surface area contributed by atoms with Crippen molar-refractivity contribution in [3.63, 3.8) is 0 Å². The summed E-state index contributed by atoms with van der Waals surface area (Å²) in [6, 6.07) is 9.31. The highest BCUT2D eigenvalue weighted by atomic mass is 32.1. The molecule has 0 spiro atoms. The van der Waals surface area contributed by atoms with Crippen molar-refractivity contribution in [3.8, 4) is 0 Å². The summed E-state index contributed by atoms with van der Waals surface area (Å²) in [6.07, 6.45) is 0. The highest BCUT2D eigenvalue weighted by Crippen LogP contribution is 2.32. The predicted molar refractivity (Wildman–Crippen MR) is 101 cm³/mol. The summed E-state index contributed by atoms with van der Waals surface area (Å²) >= 11 is 1.31. The lowest BCUT2D eigenvalue weighted by Crippen LogP contribution is -2.31. The van der Waals surface area contributed by atoms with E-state index in [-0.39, 0.29) is 24.5 Å². The maximum absolute atomic E-state index is 12.4. The second kappa shape index (κ2) is 8.62. The summed E-state index contributed by atoms with van der Waals surface area (Å²) in [5.74, 6) is -1.28. The van der Waals surface area contributed by atoms with Gasteiger partial charge in [-0.05, 0) is 31.9 Å². The van der Waals surface area contributed by atoms with Crippen LogP contribution in [-0.4, -0.2) is 24.4 Å². The zero-order valence-electron chi connectivity index (χ0n) is 15.2. The molecule has 0 radical (unpaired) electrons. The molecule has 0 fully saturated rings. The van der Waals surface area contributed by atoms with E-state index in [4.69, 9.17) is 4.74 Å². The van der Waals surface area contributed by atoms with Crippen molar-refractivity contribution < 1.29 is 19.1 Å². The number of ether oxygens (including phenoxy) is 1. The highest BCUT2D eigenvalue weighted by molar-refractivity contribution is 7.16. The quantitative estimate of drug-likeness (QED) is 0.760. The first-order valence-electron chi connectivity index (χ1n) is 8.18. The molecule has 0 unspecified atom stereocenters. The summed E-state index contributed by atoms with van der Waals surface area (Å²) in [5.41, 5.74) is 2.00. The Kier molecular flexibility index (Phi) is 6.52. The van der Waals surface area contributed by atoms with Crippen LogP contribution in [0.3, 0.4) is 0 Å². The lowest BCUT2D eigenvalue weighted by Gasteiger charge is -2.14. The van der Waals surface area contributed by atoms with Gasteiger partial charge in [0.05, 0.1) is 11.6 Å². The van der Waals surface area contributed by atoms with Crippen molar-refractivity contribution >= 4 is 34.1 Å². The molecule has 0 aliphatic heterocycles. The zero-order valence-corrected chi connectivity index (χ0v) is 16.0. The number of carbonyl (C=O) groups is 3. The number of anilines is 1. The predicted octanol–water partition coefficient (Wildman–Crippen LogP) is 3.36. The third-order valence-electron chi connectivity index (χ3n) is 3.89. The molecule has 138 valence electrons. The van der Waals surface area contributed by atoms with Gasteiger partial charge in [0, 0.05) is 11.8 Å². The number of thiophene rings is 1. The fourth-order valence-corrected chi connectivity index (χ4v) is 3.53. The number of benzene rings is 1. The minimum Gasteiger partial charge on any atom is -0.452 e. The van der Waals surface area contributed by atoms with Crippen molar-refractivity contribution in [1.29, 1.82) is 0 Å². The van der Waals surface area contributed by atoms with Gasteiger partial charge in [-0.25, -0.2) is 4.79 Å². The summed E-state index contributed by atoms with van der Waals surface area (Å²) in [6.45, 7) is 6.49. The number of nitrogens with one attached hydrogen (secondary N) is 2. The third-order valence-corrected chi connectivity index (χ3v) is 5.01. The molecule has 7 heteroatoms. The number of hydrogen-bond acceptors (Lipinski definition) is 5. The van der Waals surface area contributed by atoms with Gasteiger partial charge in [-0.2, -0.15) is 0 Å². The van der Waals surface area contributed by atoms with Crippen molar-refractivity contribution in [2.45, 2.75) is 33.7 Å². The molecule has 2 amide bonds. The molecular formula is C19H22N2O4S. The van der Waals surface area contributed by atoms with E-state index in [1.165, 1.54) is 18.3 Å². The lowest BCUT2D eigenvalue weighted by atomic mass is 10.1. The van der Waals surface area contributed by atoms with Gasteiger partial charge in [0.15, 0.2) is 6.61 Å². The fraction of sp³-hybridized carbons (Fsp3) is 0.316. The molecule has 1 aromatic carbocycles. The largest absolute Gasteiger partial charge is 0.452 e. The Morgan fingerprint density at radius 2 is 1.81 bits per heavy atom. The standard InChI is InChI=1S/C19H22N2O4S/c1-11-13(3)26-18(21-14(4)22)17(11)19(24)25-10-16(23)20-12(2)15-8-6-5-7-9-15/h5-9,12H,10H2,1-4H3,(H,20,23)(H,21,22)/t12-/m1/s1. The van der Waals surface area contributed by atoms with E-state index < -0.39 is 5.97 Å². The molecule has 0 bridgehead atoms. The third kappa shape index (κ3) is 4.92. The molecule has 0 aliphatic carbocycles. The Balaban J connectivity index is 1.98. The van der Waals surface area contributed by atoms with Crippen LogP contribution in [0.5, 0.6) is 0 Å². The second-order valence-corrected chi connectivity index (χ2v) is 7.17. The van der Waals surface area contributed by atoms with Crippen LogP contribution in [0.4, 0.5) is 5.00 Å². The Morgan fingerprint density at radius 3 is 2.42 bits per heavy atom. The Morgan fingerprint density at radius 1 is 1.15 bits per heavy atom. The first-order chi connectivity index (χ1) is 12.3. The van der Waals surface area contributed by atoms with Crippen LogP contribution in [-0.2, 0) is 14.3 Å². The van der Waals surface area contributed by atoms with Gasteiger partial charge in [-0.15, -0.1) is 11.3 Å². The number of aryl methyl sites for hydroxylation is 1. The number of amides is 2. The van der Waals surface area contributed by atoms with Gasteiger partial charge in [0.2, 0.25) is 5.91 Å². The van der Waals surface area contributed by atoms with Crippen LogP contribution >= 0.6 is 11.3 Å². The number of rotatable bonds is 6. The lowest BCUT2D eigenvalue weighted by molar-refractivity contribution is -0.124.